The third kappa shape index (κ3) is 4.29. The predicted octanol–water partition coefficient (Wildman–Crippen LogP) is 2.06. The van der Waals surface area contributed by atoms with Gasteiger partial charge in [0.15, 0.2) is 5.78 Å². The van der Waals surface area contributed by atoms with Gasteiger partial charge in [-0.05, 0) is 25.2 Å². The van der Waals surface area contributed by atoms with Crippen molar-refractivity contribution in [2.75, 3.05) is 19.6 Å². The lowest BCUT2D eigenvalue weighted by Gasteiger charge is -2.17. The van der Waals surface area contributed by atoms with Crippen LogP contribution in [-0.4, -0.2) is 30.3 Å². The first-order valence-corrected chi connectivity index (χ1v) is 6.25. The van der Waals surface area contributed by atoms with Crippen molar-refractivity contribution in [2.24, 2.45) is 5.73 Å². The second-order valence-electron chi connectivity index (χ2n) is 4.12. The number of carbonyl (C=O) groups is 1. The minimum absolute atomic E-state index is 0.127. The second kappa shape index (κ2) is 7.20. The van der Waals surface area contributed by atoms with Crippen molar-refractivity contribution in [3.05, 3.63) is 35.4 Å². The average Bonchev–Trinajstić information content (AvgIpc) is 2.37. The van der Waals surface area contributed by atoms with Crippen molar-refractivity contribution >= 4 is 5.78 Å². The monoisotopic (exact) mass is 234 g/mol. The molecule has 0 aliphatic heterocycles. The van der Waals surface area contributed by atoms with Crippen molar-refractivity contribution in [2.45, 2.75) is 26.8 Å². The molecule has 0 heterocycles. The van der Waals surface area contributed by atoms with Gasteiger partial charge >= 0.3 is 0 Å². The Balaban J connectivity index is 2.64. The van der Waals surface area contributed by atoms with Crippen LogP contribution in [0.3, 0.4) is 0 Å². The van der Waals surface area contributed by atoms with E-state index in [-0.39, 0.29) is 5.78 Å². The topological polar surface area (TPSA) is 46.3 Å². The molecule has 3 heteroatoms. The molecule has 0 spiro atoms. The third-order valence-electron chi connectivity index (χ3n) is 2.95. The summed E-state index contributed by atoms with van der Waals surface area (Å²) in [7, 11) is 0. The molecule has 0 saturated heterocycles. The van der Waals surface area contributed by atoms with Crippen molar-refractivity contribution < 1.29 is 4.79 Å². The smallest absolute Gasteiger partial charge is 0.164 e. The van der Waals surface area contributed by atoms with E-state index >= 15 is 0 Å². The number of benzene rings is 1. The molecule has 0 aliphatic carbocycles. The van der Waals surface area contributed by atoms with E-state index in [1.54, 1.807) is 0 Å². The highest BCUT2D eigenvalue weighted by atomic mass is 16.1. The van der Waals surface area contributed by atoms with Crippen LogP contribution in [0, 0.1) is 0 Å². The van der Waals surface area contributed by atoms with Gasteiger partial charge in [-0.15, -0.1) is 0 Å². The summed E-state index contributed by atoms with van der Waals surface area (Å²) in [6, 6.07) is 7.86. The van der Waals surface area contributed by atoms with Gasteiger partial charge in [0.25, 0.3) is 0 Å². The number of hydrogen-bond donors (Lipinski definition) is 1. The molecular formula is C14H22N2O. The number of hydrogen-bond acceptors (Lipinski definition) is 3. The molecule has 0 atom stereocenters. The maximum absolute atomic E-state index is 11.6. The zero-order chi connectivity index (χ0) is 12.7. The lowest BCUT2D eigenvalue weighted by Crippen LogP contribution is -2.22. The molecular weight excluding hydrogens is 212 g/mol. The third-order valence-corrected chi connectivity index (χ3v) is 2.95. The number of rotatable bonds is 7. The minimum atomic E-state index is 0.127. The largest absolute Gasteiger partial charge is 0.330 e. The highest BCUT2D eigenvalue weighted by Crippen LogP contribution is 2.09. The highest BCUT2D eigenvalue weighted by molar-refractivity contribution is 5.96. The van der Waals surface area contributed by atoms with Crippen molar-refractivity contribution in [3.8, 4) is 0 Å². The molecule has 0 saturated carbocycles. The van der Waals surface area contributed by atoms with E-state index < -0.39 is 0 Å². The molecule has 0 aromatic heterocycles. The molecule has 17 heavy (non-hydrogen) atoms. The average molecular weight is 234 g/mol. The van der Waals surface area contributed by atoms with E-state index in [0.717, 1.165) is 25.2 Å². The second-order valence-corrected chi connectivity index (χ2v) is 4.12. The van der Waals surface area contributed by atoms with E-state index in [1.165, 1.54) is 5.56 Å². The fourth-order valence-electron chi connectivity index (χ4n) is 1.78. The molecule has 94 valence electrons. The Hall–Kier alpha value is -1.19. The van der Waals surface area contributed by atoms with Crippen LogP contribution in [0.5, 0.6) is 0 Å². The van der Waals surface area contributed by atoms with Gasteiger partial charge in [-0.25, -0.2) is 0 Å². The van der Waals surface area contributed by atoms with E-state index in [2.05, 4.69) is 18.7 Å². The van der Waals surface area contributed by atoms with E-state index in [1.807, 2.05) is 24.3 Å². The Morgan fingerprint density at radius 2 is 1.76 bits per heavy atom. The van der Waals surface area contributed by atoms with Crippen LogP contribution in [0.4, 0.5) is 0 Å². The van der Waals surface area contributed by atoms with Gasteiger partial charge in [-0.1, -0.05) is 38.1 Å². The Bertz CT molecular complexity index is 342. The Kier molecular flexibility index (Phi) is 5.87. The van der Waals surface area contributed by atoms with E-state index in [4.69, 9.17) is 5.73 Å². The van der Waals surface area contributed by atoms with Gasteiger partial charge in [0, 0.05) is 18.5 Å². The summed E-state index contributed by atoms with van der Waals surface area (Å²) in [5, 5.41) is 0. The molecule has 1 aromatic carbocycles. The first kappa shape index (κ1) is 13.9. The number of ketones is 1. The first-order chi connectivity index (χ1) is 8.21. The summed E-state index contributed by atoms with van der Waals surface area (Å²) in [5.41, 5.74) is 7.38. The van der Waals surface area contributed by atoms with Crippen LogP contribution in [0.15, 0.2) is 24.3 Å². The summed E-state index contributed by atoms with van der Waals surface area (Å²) in [6.45, 7) is 7.76. The summed E-state index contributed by atoms with van der Waals surface area (Å²) < 4.78 is 0. The van der Waals surface area contributed by atoms with Gasteiger partial charge in [0.1, 0.15) is 0 Å². The van der Waals surface area contributed by atoms with Crippen LogP contribution < -0.4 is 5.73 Å². The molecule has 0 bridgehead atoms. The lowest BCUT2D eigenvalue weighted by atomic mass is 10.1. The Labute approximate surface area is 104 Å². The summed E-state index contributed by atoms with van der Waals surface area (Å²) in [5.74, 6) is 0.127. The quantitative estimate of drug-likeness (QED) is 0.735. The van der Waals surface area contributed by atoms with Crippen molar-refractivity contribution in [3.63, 3.8) is 0 Å². The molecule has 0 fully saturated rings. The van der Waals surface area contributed by atoms with E-state index in [9.17, 15) is 4.79 Å². The minimum Gasteiger partial charge on any atom is -0.330 e. The first-order valence-electron chi connectivity index (χ1n) is 6.25. The number of Topliss-reactive ketones (excluding diaryl/α,β-unsaturated/α-hetero) is 1. The number of nitrogens with two attached hydrogens (primary N) is 1. The zero-order valence-corrected chi connectivity index (χ0v) is 10.8. The van der Waals surface area contributed by atoms with Crippen LogP contribution >= 0.6 is 0 Å². The lowest BCUT2D eigenvalue weighted by molar-refractivity contribution is 0.0985. The predicted molar refractivity (Wildman–Crippen MR) is 71.1 cm³/mol. The molecule has 1 aromatic rings. The Morgan fingerprint density at radius 1 is 1.18 bits per heavy atom. The molecule has 2 N–H and O–H groups in total. The van der Waals surface area contributed by atoms with Crippen LogP contribution in [0.1, 0.15) is 36.2 Å². The molecule has 3 nitrogen and oxygen atoms in total. The maximum atomic E-state index is 11.6. The standard InChI is InChI=1S/C14H22N2O/c1-3-16(4-2)11-12-5-7-13(8-6-12)14(17)9-10-15/h5-8H,3-4,9-11,15H2,1-2H3. The SMILES string of the molecule is CCN(CC)Cc1ccc(C(=O)CCN)cc1. The highest BCUT2D eigenvalue weighted by Gasteiger charge is 2.05. The summed E-state index contributed by atoms with van der Waals surface area (Å²) in [4.78, 5) is 13.9. The Morgan fingerprint density at radius 3 is 2.24 bits per heavy atom. The molecule has 1 rings (SSSR count). The van der Waals surface area contributed by atoms with Crippen molar-refractivity contribution in [1.82, 2.24) is 4.90 Å². The van der Waals surface area contributed by atoms with Crippen LogP contribution in [0.25, 0.3) is 0 Å². The van der Waals surface area contributed by atoms with Crippen LogP contribution in [-0.2, 0) is 6.54 Å². The zero-order valence-electron chi connectivity index (χ0n) is 10.8. The number of carbonyl (C=O) groups excluding carboxylic acids is 1. The molecule has 0 amide bonds. The summed E-state index contributed by atoms with van der Waals surface area (Å²) >= 11 is 0. The van der Waals surface area contributed by atoms with Gasteiger partial charge in [-0.2, -0.15) is 0 Å². The number of nitrogens with zero attached hydrogens (tertiary/aromatic N) is 1. The molecule has 0 unspecified atom stereocenters. The maximum Gasteiger partial charge on any atom is 0.164 e. The van der Waals surface area contributed by atoms with Crippen LogP contribution in [0.2, 0.25) is 0 Å². The van der Waals surface area contributed by atoms with Gasteiger partial charge in [-0.3, -0.25) is 9.69 Å². The van der Waals surface area contributed by atoms with Gasteiger partial charge in [0.2, 0.25) is 0 Å². The van der Waals surface area contributed by atoms with Gasteiger partial charge < -0.3 is 5.73 Å². The normalized spacial score (nSPS) is 10.8. The van der Waals surface area contributed by atoms with Gasteiger partial charge in [0.05, 0.1) is 0 Å². The summed E-state index contributed by atoms with van der Waals surface area (Å²) in [6.07, 6.45) is 0.426. The molecule has 0 aliphatic rings. The van der Waals surface area contributed by atoms with E-state index in [0.29, 0.717) is 13.0 Å². The fraction of sp³-hybridized carbons (Fsp3) is 0.500. The van der Waals surface area contributed by atoms with Crippen molar-refractivity contribution in [1.29, 1.82) is 0 Å². The fourth-order valence-corrected chi connectivity index (χ4v) is 1.78. The molecule has 0 radical (unpaired) electrons.